The molecule has 0 fully saturated rings. The average molecular weight is 1700 g/mol. The van der Waals surface area contributed by atoms with Gasteiger partial charge in [-0.1, -0.05) is 395 Å². The van der Waals surface area contributed by atoms with Crippen molar-refractivity contribution in [2.75, 3.05) is 0 Å². The predicted octanol–water partition coefficient (Wildman–Crippen LogP) is 35.4. The second-order valence-electron chi connectivity index (χ2n) is 31.1. The molecular weight excluding hydrogens is 1500 g/mol. The van der Waals surface area contributed by atoms with Gasteiger partial charge in [0.15, 0.2) is 0 Å². The zero-order valence-electron chi connectivity index (χ0n) is 86.4. The summed E-state index contributed by atoms with van der Waals surface area (Å²) < 4.78 is 0. The van der Waals surface area contributed by atoms with Gasteiger partial charge in [0.25, 0.3) is 0 Å². The van der Waals surface area contributed by atoms with Gasteiger partial charge in [-0.05, 0) is 175 Å². The van der Waals surface area contributed by atoms with E-state index in [1.165, 1.54) is 91.3 Å². The molecule has 0 spiro atoms. The van der Waals surface area contributed by atoms with Crippen LogP contribution >= 0.6 is 0 Å². The molecule has 0 N–H and O–H groups in total. The Morgan fingerprint density at radius 3 is 0.547 bits per heavy atom. The Bertz CT molecular complexity index is 2510. The van der Waals surface area contributed by atoms with Crippen molar-refractivity contribution in [3.63, 3.8) is 0 Å². The van der Waals surface area contributed by atoms with Gasteiger partial charge in [-0.15, -0.1) is 0 Å². The van der Waals surface area contributed by atoms with Crippen LogP contribution in [0.4, 0.5) is 0 Å². The van der Waals surface area contributed by atoms with Gasteiger partial charge < -0.3 is 0 Å². The van der Waals surface area contributed by atoms with Crippen molar-refractivity contribution >= 4 is 0 Å². The van der Waals surface area contributed by atoms with Crippen LogP contribution < -0.4 is 0 Å². The third-order valence-electron chi connectivity index (χ3n) is 16.8. The topological polar surface area (TPSA) is 129 Å². The van der Waals surface area contributed by atoms with E-state index in [0.717, 1.165) is 11.4 Å². The van der Waals surface area contributed by atoms with Gasteiger partial charge in [0.2, 0.25) is 0 Å². The summed E-state index contributed by atoms with van der Waals surface area (Å²) in [4.78, 5) is 42.4. The smallest absolute Gasteiger partial charge is 0.115 e. The van der Waals surface area contributed by atoms with Gasteiger partial charge in [0.05, 0.1) is 11.4 Å². The van der Waals surface area contributed by atoms with E-state index in [1.54, 1.807) is 25.0 Å². The fourth-order valence-corrected chi connectivity index (χ4v) is 11.0. The summed E-state index contributed by atoms with van der Waals surface area (Å²) in [5.74, 6) is 8.82. The number of hydrogen-bond donors (Lipinski definition) is 0. The first-order valence-corrected chi connectivity index (χ1v) is 46.2. The van der Waals surface area contributed by atoms with Gasteiger partial charge >= 0.3 is 0 Å². The molecule has 0 amide bonds. The van der Waals surface area contributed by atoms with Gasteiger partial charge in [-0.3, -0.25) is 29.9 Å². The number of rotatable bonds is 17. The molecule has 0 aliphatic heterocycles. The molecule has 0 saturated heterocycles. The summed E-state index contributed by atoms with van der Waals surface area (Å²) in [7, 11) is 0. The maximum Gasteiger partial charge on any atom is 0.115 e. The maximum absolute atomic E-state index is 4.40. The minimum Gasteiger partial charge on any atom is -0.264 e. The Labute approximate surface area is 755 Å². The number of unbranched alkanes of at least 4 members (excludes halogenated alkanes) is 1. The van der Waals surface area contributed by atoms with E-state index >= 15 is 0 Å². The molecule has 10 nitrogen and oxygen atoms in total. The number of aromatic nitrogens is 10. The number of hydrogen-bond acceptors (Lipinski definition) is 10. The molecule has 0 saturated carbocycles. The van der Waals surface area contributed by atoms with Crippen molar-refractivity contribution in [3.05, 3.63) is 225 Å². The normalized spacial score (nSPS) is 9.83. The molecule has 8 aromatic rings. The van der Waals surface area contributed by atoms with Crippen LogP contribution in [0.15, 0.2) is 135 Å². The molecular formula is C106H192N10Y. The number of pyridine rings is 4. The van der Waals surface area contributed by atoms with Crippen molar-refractivity contribution in [1.82, 2.24) is 49.8 Å². The quantitative estimate of drug-likeness (QED) is 0.0869. The third kappa shape index (κ3) is 59.5. The summed E-state index contributed by atoms with van der Waals surface area (Å²) in [6, 6.07) is 21.4. The molecule has 0 unspecified atom stereocenters. The Hall–Kier alpha value is -5.84. The van der Waals surface area contributed by atoms with Crippen LogP contribution in [0.1, 0.15) is 544 Å². The van der Waals surface area contributed by atoms with E-state index < -0.39 is 0 Å². The number of benzene rings is 1. The van der Waals surface area contributed by atoms with E-state index in [2.05, 4.69) is 334 Å². The SMILES string of the molecule is CC.CC.CC.CC.CC.CC.CC.CC.CC(C)c1ccccc1C(C)C.CC(C)c1cccnc1C(C)C.CC(C)c1cccnc1C(C)C.CC(C)c1ccncc1C(C)C.CC(C)c1ccncc1C(C)C.CC(C)c1cncnc1C(C)C.CC(C)c1cncnc1C(C)C.CC(C)c1nccnc1C(C)C.CCCC.[Y]. The molecule has 669 valence electrons. The Morgan fingerprint density at radius 1 is 0.179 bits per heavy atom. The van der Waals surface area contributed by atoms with Crippen molar-refractivity contribution in [2.45, 2.75) is 454 Å². The largest absolute Gasteiger partial charge is 0.264 e. The summed E-state index contributed by atoms with van der Waals surface area (Å²) in [6.45, 7) is 107. The summed E-state index contributed by atoms with van der Waals surface area (Å²) in [6.07, 6.45) is 24.7. The van der Waals surface area contributed by atoms with E-state index in [0.29, 0.717) is 94.7 Å². The van der Waals surface area contributed by atoms with Crippen LogP contribution in [0.3, 0.4) is 0 Å². The summed E-state index contributed by atoms with van der Waals surface area (Å²) in [5.41, 5.74) is 21.0. The standard InChI is InChI=1S/C12H18.4C11H17N.3C10H16N2.C4H10.8C2H6.Y/c1-9(2)11-7-5-6-8-12(11)10(3)4;2*1-8(2)10-5-6-12-7-11(10)9(3)4;2*1-8(2)10-6-5-7-12-11(10)9(3)4;2*1-7(2)9-5-11-6-12-10(9)8(3)4;1-7(2)9-10(8(3)4)12-6-5-11-9;1-3-4-2;8*1-2;/h5-10H,1-4H3;4*5-9H,1-4H3;3*5-8H,1-4H3;3-4H2,1-2H3;8*1-2H3;. The number of nitrogens with zero attached hydrogens (tertiary/aromatic N) is 10. The second kappa shape index (κ2) is 85.2. The minimum atomic E-state index is 0. The van der Waals surface area contributed by atoms with Gasteiger partial charge in [0, 0.05) is 117 Å². The molecule has 11 heteroatoms. The maximum atomic E-state index is 4.40. The van der Waals surface area contributed by atoms with Gasteiger partial charge in [-0.25, -0.2) is 19.9 Å². The van der Waals surface area contributed by atoms with E-state index in [-0.39, 0.29) is 32.7 Å². The van der Waals surface area contributed by atoms with Crippen LogP contribution in [0.2, 0.25) is 0 Å². The first kappa shape index (κ1) is 132. The molecule has 0 bridgehead atoms. The van der Waals surface area contributed by atoms with Crippen LogP contribution in [-0.2, 0) is 32.7 Å². The average Bonchev–Trinajstić information content (AvgIpc) is 0.930. The van der Waals surface area contributed by atoms with E-state index in [4.69, 9.17) is 0 Å². The monoisotopic (exact) mass is 1690 g/mol. The molecule has 7 aromatic heterocycles. The molecule has 0 atom stereocenters. The zero-order chi connectivity index (χ0) is 92.5. The van der Waals surface area contributed by atoms with Crippen LogP contribution in [0, 0.1) is 0 Å². The van der Waals surface area contributed by atoms with Crippen LogP contribution in [0.25, 0.3) is 0 Å². The summed E-state index contributed by atoms with van der Waals surface area (Å²) in [5, 5.41) is 0. The van der Waals surface area contributed by atoms with Crippen LogP contribution in [-0.4, -0.2) is 49.8 Å². The van der Waals surface area contributed by atoms with E-state index in [9.17, 15) is 0 Å². The third-order valence-corrected chi connectivity index (χ3v) is 16.8. The van der Waals surface area contributed by atoms with Crippen molar-refractivity contribution < 1.29 is 32.7 Å². The Kier molecular flexibility index (Phi) is 95.9. The van der Waals surface area contributed by atoms with Crippen LogP contribution in [0.5, 0.6) is 0 Å². The molecule has 7 heterocycles. The van der Waals surface area contributed by atoms with Crippen molar-refractivity contribution in [2.24, 2.45) is 0 Å². The molecule has 8 rings (SSSR count). The molecule has 1 aromatic carbocycles. The molecule has 0 aliphatic carbocycles. The molecule has 117 heavy (non-hydrogen) atoms. The Balaban J connectivity index is -0.000000135. The predicted molar refractivity (Wildman–Crippen MR) is 526 cm³/mol. The minimum absolute atomic E-state index is 0. The fourth-order valence-electron chi connectivity index (χ4n) is 11.0. The first-order chi connectivity index (χ1) is 54.9. The zero-order valence-corrected chi connectivity index (χ0v) is 89.2. The van der Waals surface area contributed by atoms with Crippen molar-refractivity contribution in [1.29, 1.82) is 0 Å². The first-order valence-electron chi connectivity index (χ1n) is 46.2. The van der Waals surface area contributed by atoms with Crippen molar-refractivity contribution in [3.8, 4) is 0 Å². The van der Waals surface area contributed by atoms with E-state index in [1.807, 2.05) is 172 Å². The second-order valence-corrected chi connectivity index (χ2v) is 31.1. The fraction of sp³-hybridized carbons (Fsp3) is 0.642. The summed E-state index contributed by atoms with van der Waals surface area (Å²) >= 11 is 0. The molecule has 1 radical (unpaired) electrons. The Morgan fingerprint density at radius 2 is 0.368 bits per heavy atom. The molecule has 0 aliphatic rings. The van der Waals surface area contributed by atoms with Gasteiger partial charge in [0.1, 0.15) is 12.7 Å². The van der Waals surface area contributed by atoms with Gasteiger partial charge in [-0.2, -0.15) is 0 Å².